The first-order valence-corrected chi connectivity index (χ1v) is 12.3. The molecule has 2 fully saturated rings. The van der Waals surface area contributed by atoms with Gasteiger partial charge in [-0.15, -0.1) is 0 Å². The topological polar surface area (TPSA) is 56.2 Å². The third-order valence-corrected chi connectivity index (χ3v) is 7.15. The first kappa shape index (κ1) is 26.4. The van der Waals surface area contributed by atoms with Gasteiger partial charge in [0.1, 0.15) is 0 Å². The van der Waals surface area contributed by atoms with Gasteiger partial charge in [0.15, 0.2) is 23.1 Å². The zero-order valence-corrected chi connectivity index (χ0v) is 20.4. The zero-order valence-electron chi connectivity index (χ0n) is 20.4. The molecule has 0 aliphatic carbocycles. The van der Waals surface area contributed by atoms with Crippen LogP contribution in [0, 0.1) is 11.6 Å². The van der Waals surface area contributed by atoms with Crippen LogP contribution in [0.2, 0.25) is 0 Å². The molecular formula is C27H38F2N2O3. The lowest BCUT2D eigenvalue weighted by Crippen LogP contribution is -2.35. The molecule has 2 aromatic carbocycles. The van der Waals surface area contributed by atoms with Crippen LogP contribution < -0.4 is 0 Å². The Morgan fingerprint density at radius 3 is 1.65 bits per heavy atom. The van der Waals surface area contributed by atoms with E-state index in [4.69, 9.17) is 4.74 Å². The predicted octanol–water partition coefficient (Wildman–Crippen LogP) is 5.09. The number of methoxy groups -OCH3 is 1. The lowest BCUT2D eigenvalue weighted by molar-refractivity contribution is 0.130. The number of halogens is 2. The van der Waals surface area contributed by atoms with Gasteiger partial charge in [0.05, 0.1) is 6.61 Å². The molecule has 0 bridgehead atoms. The fraction of sp³-hybridized carbons (Fsp3) is 0.556. The minimum atomic E-state index is -0.519. The average molecular weight is 477 g/mol. The van der Waals surface area contributed by atoms with Crippen molar-refractivity contribution in [1.29, 1.82) is 0 Å². The molecule has 34 heavy (non-hydrogen) atoms. The summed E-state index contributed by atoms with van der Waals surface area (Å²) in [6.07, 6.45) is 3.93. The smallest absolute Gasteiger partial charge is 0.165 e. The molecule has 2 heterocycles. The lowest BCUT2D eigenvalue weighted by Gasteiger charge is -2.32. The highest BCUT2D eigenvalue weighted by Gasteiger charge is 2.24. The van der Waals surface area contributed by atoms with Crippen molar-refractivity contribution in [3.63, 3.8) is 0 Å². The van der Waals surface area contributed by atoms with Crippen LogP contribution in [-0.4, -0.2) is 73.0 Å². The molecule has 0 aromatic heterocycles. The molecule has 0 unspecified atom stereocenters. The van der Waals surface area contributed by atoms with Crippen LogP contribution >= 0.6 is 0 Å². The molecule has 0 spiro atoms. The van der Waals surface area contributed by atoms with Crippen LogP contribution in [0.5, 0.6) is 11.5 Å². The summed E-state index contributed by atoms with van der Waals surface area (Å²) in [4.78, 5) is 4.73. The highest BCUT2D eigenvalue weighted by Crippen LogP contribution is 2.36. The van der Waals surface area contributed by atoms with E-state index in [0.29, 0.717) is 5.92 Å². The second kappa shape index (κ2) is 13.0. The number of nitrogens with zero attached hydrogens (tertiary/aromatic N) is 2. The average Bonchev–Trinajstić information content (AvgIpc) is 2.87. The van der Waals surface area contributed by atoms with Gasteiger partial charge >= 0.3 is 0 Å². The summed E-state index contributed by atoms with van der Waals surface area (Å²) in [5, 5.41) is 19.4. The minimum Gasteiger partial charge on any atom is -0.505 e. The molecule has 2 aliphatic rings. The molecule has 2 saturated heterocycles. The van der Waals surface area contributed by atoms with Gasteiger partial charge in [-0.05, 0) is 82.4 Å². The normalized spacial score (nSPS) is 18.5. The largest absolute Gasteiger partial charge is 0.505 e. The van der Waals surface area contributed by atoms with Crippen molar-refractivity contribution >= 4 is 0 Å². The molecule has 4 rings (SSSR count). The first-order chi connectivity index (χ1) is 16.4. The SMILES string of the molecule is CCN1CCC(c2cccc(F)c2O)CC1.COCCN1CCC(c2cccc(F)c2O)CC1. The summed E-state index contributed by atoms with van der Waals surface area (Å²) in [6, 6.07) is 9.61. The number of phenolic OH excluding ortho intramolecular Hbond substituents is 2. The van der Waals surface area contributed by atoms with E-state index in [0.717, 1.165) is 82.7 Å². The van der Waals surface area contributed by atoms with Gasteiger partial charge in [0.25, 0.3) is 0 Å². The van der Waals surface area contributed by atoms with Crippen LogP contribution in [0.3, 0.4) is 0 Å². The number of phenols is 2. The van der Waals surface area contributed by atoms with Gasteiger partial charge in [-0.25, -0.2) is 8.78 Å². The maximum absolute atomic E-state index is 13.3. The third kappa shape index (κ3) is 6.90. The lowest BCUT2D eigenvalue weighted by atomic mass is 9.89. The molecule has 0 atom stereocenters. The van der Waals surface area contributed by atoms with E-state index in [-0.39, 0.29) is 17.4 Å². The van der Waals surface area contributed by atoms with Gasteiger partial charge in [-0.3, -0.25) is 0 Å². The Morgan fingerprint density at radius 1 is 0.794 bits per heavy atom. The fourth-order valence-electron chi connectivity index (χ4n) is 4.97. The van der Waals surface area contributed by atoms with E-state index in [9.17, 15) is 19.0 Å². The van der Waals surface area contributed by atoms with Crippen molar-refractivity contribution in [3.05, 3.63) is 59.2 Å². The summed E-state index contributed by atoms with van der Waals surface area (Å²) < 4.78 is 31.6. The number of para-hydroxylation sites is 2. The van der Waals surface area contributed by atoms with Crippen LogP contribution in [0.25, 0.3) is 0 Å². The number of ether oxygens (including phenoxy) is 1. The van der Waals surface area contributed by atoms with E-state index >= 15 is 0 Å². The number of hydrogen-bond donors (Lipinski definition) is 2. The Bertz CT molecular complexity index is 895. The second-order valence-corrected chi connectivity index (χ2v) is 9.17. The van der Waals surface area contributed by atoms with Crippen LogP contribution in [0.4, 0.5) is 8.78 Å². The van der Waals surface area contributed by atoms with E-state index in [2.05, 4.69) is 16.7 Å². The first-order valence-electron chi connectivity index (χ1n) is 12.3. The van der Waals surface area contributed by atoms with Gasteiger partial charge in [-0.2, -0.15) is 0 Å². The number of likely N-dealkylation sites (tertiary alicyclic amines) is 2. The number of benzene rings is 2. The molecule has 188 valence electrons. The number of aromatic hydroxyl groups is 2. The van der Waals surface area contributed by atoms with Gasteiger partial charge in [-0.1, -0.05) is 31.2 Å². The quantitative estimate of drug-likeness (QED) is 0.609. The molecule has 0 saturated carbocycles. The summed E-state index contributed by atoms with van der Waals surface area (Å²) in [6.45, 7) is 8.94. The summed E-state index contributed by atoms with van der Waals surface area (Å²) in [5.41, 5.74) is 1.53. The van der Waals surface area contributed by atoms with Gasteiger partial charge in [0, 0.05) is 24.8 Å². The molecular weight excluding hydrogens is 438 g/mol. The van der Waals surface area contributed by atoms with E-state index in [1.807, 2.05) is 12.1 Å². The summed E-state index contributed by atoms with van der Waals surface area (Å²) >= 11 is 0. The molecule has 2 aromatic rings. The fourth-order valence-corrected chi connectivity index (χ4v) is 4.97. The zero-order chi connectivity index (χ0) is 24.5. The minimum absolute atomic E-state index is 0.155. The van der Waals surface area contributed by atoms with Crippen molar-refractivity contribution in [2.45, 2.75) is 44.4 Å². The maximum Gasteiger partial charge on any atom is 0.165 e. The van der Waals surface area contributed by atoms with E-state index in [1.165, 1.54) is 12.1 Å². The molecule has 2 aliphatic heterocycles. The predicted molar refractivity (Wildman–Crippen MR) is 131 cm³/mol. The molecule has 5 nitrogen and oxygen atoms in total. The van der Waals surface area contributed by atoms with E-state index < -0.39 is 11.6 Å². The third-order valence-electron chi connectivity index (χ3n) is 7.15. The monoisotopic (exact) mass is 476 g/mol. The summed E-state index contributed by atoms with van der Waals surface area (Å²) in [5.74, 6) is -0.784. The van der Waals surface area contributed by atoms with Gasteiger partial charge in [0.2, 0.25) is 0 Å². The molecule has 7 heteroatoms. The van der Waals surface area contributed by atoms with Crippen LogP contribution in [0.15, 0.2) is 36.4 Å². The van der Waals surface area contributed by atoms with Crippen LogP contribution in [0.1, 0.15) is 55.6 Å². The molecule has 2 N–H and O–H groups in total. The Balaban J connectivity index is 0.000000192. The van der Waals surface area contributed by atoms with Crippen molar-refractivity contribution in [3.8, 4) is 11.5 Å². The van der Waals surface area contributed by atoms with Crippen molar-refractivity contribution in [1.82, 2.24) is 9.80 Å². The van der Waals surface area contributed by atoms with Gasteiger partial charge < -0.3 is 24.7 Å². The summed E-state index contributed by atoms with van der Waals surface area (Å²) in [7, 11) is 1.71. The molecule has 0 radical (unpaired) electrons. The van der Waals surface area contributed by atoms with E-state index in [1.54, 1.807) is 19.2 Å². The van der Waals surface area contributed by atoms with Crippen molar-refractivity contribution < 1.29 is 23.7 Å². The highest BCUT2D eigenvalue weighted by atomic mass is 19.1. The maximum atomic E-state index is 13.3. The Morgan fingerprint density at radius 2 is 1.24 bits per heavy atom. The number of rotatable bonds is 6. The van der Waals surface area contributed by atoms with Crippen molar-refractivity contribution in [2.75, 3.05) is 53.0 Å². The Kier molecular flexibility index (Phi) is 10.1. The standard InChI is InChI=1S/C14H20FNO2.C13H18FNO/c1-18-10-9-16-7-5-11(6-8-16)12-3-2-4-13(15)14(12)17;1-2-15-8-6-10(7-9-15)11-4-3-5-12(14)13(11)16/h2-4,11,17H,5-10H2,1H3;3-5,10,16H,2,6-9H2,1H3. The Hall–Kier alpha value is -2.22. The second-order valence-electron chi connectivity index (χ2n) is 9.17. The molecule has 0 amide bonds. The number of hydrogen-bond acceptors (Lipinski definition) is 5. The van der Waals surface area contributed by atoms with Crippen LogP contribution in [-0.2, 0) is 4.74 Å². The highest BCUT2D eigenvalue weighted by molar-refractivity contribution is 5.37. The number of piperidine rings is 2. The van der Waals surface area contributed by atoms with Crippen molar-refractivity contribution in [2.24, 2.45) is 0 Å². The Labute approximate surface area is 202 Å².